The highest BCUT2D eigenvalue weighted by molar-refractivity contribution is 5.35. The number of hydrogen-bond donors (Lipinski definition) is 1. The maximum atomic E-state index is 5.78. The van der Waals surface area contributed by atoms with Gasteiger partial charge in [-0.2, -0.15) is 0 Å². The first-order valence-corrected chi connectivity index (χ1v) is 5.51. The van der Waals surface area contributed by atoms with Gasteiger partial charge in [-0.3, -0.25) is 4.98 Å². The minimum atomic E-state index is 0.0118. The van der Waals surface area contributed by atoms with Crippen LogP contribution in [0.4, 0.5) is 0 Å². The maximum absolute atomic E-state index is 5.78. The van der Waals surface area contributed by atoms with Crippen LogP contribution in [0.1, 0.15) is 36.9 Å². The van der Waals surface area contributed by atoms with Gasteiger partial charge in [-0.15, -0.1) is 0 Å². The summed E-state index contributed by atoms with van der Waals surface area (Å²) in [5, 5.41) is 0. The van der Waals surface area contributed by atoms with Gasteiger partial charge in [0.05, 0.1) is 17.7 Å². The van der Waals surface area contributed by atoms with Gasteiger partial charge in [-0.1, -0.05) is 24.8 Å². The topological polar surface area (TPSA) is 38.9 Å². The summed E-state index contributed by atoms with van der Waals surface area (Å²) >= 11 is 0. The molecule has 2 N–H and O–H groups in total. The Balaban J connectivity index is 2.16. The van der Waals surface area contributed by atoms with Crippen molar-refractivity contribution in [3.05, 3.63) is 29.6 Å². The molecule has 2 unspecified atom stereocenters. The average molecular weight is 200 g/mol. The summed E-state index contributed by atoms with van der Waals surface area (Å²) in [7, 11) is 0. The largest absolute Gasteiger partial charge is 0.318 e. The molecule has 0 amide bonds. The SMILES string of the molecule is CCC(N)C#CC1CCc2cccnc21. The quantitative estimate of drug-likeness (QED) is 0.703. The highest BCUT2D eigenvalue weighted by Gasteiger charge is 2.21. The average Bonchev–Trinajstić information content (AvgIpc) is 2.69. The molecule has 1 heterocycles. The smallest absolute Gasteiger partial charge is 0.0662 e. The molecule has 2 nitrogen and oxygen atoms in total. The number of nitrogens with two attached hydrogens (primary N) is 1. The minimum Gasteiger partial charge on any atom is -0.318 e. The lowest BCUT2D eigenvalue weighted by Gasteiger charge is -2.02. The Hall–Kier alpha value is -1.33. The van der Waals surface area contributed by atoms with E-state index < -0.39 is 0 Å². The Labute approximate surface area is 90.9 Å². The van der Waals surface area contributed by atoms with Crippen LogP contribution < -0.4 is 5.73 Å². The zero-order valence-corrected chi connectivity index (χ0v) is 9.03. The maximum Gasteiger partial charge on any atom is 0.0662 e. The molecule has 1 aromatic rings. The van der Waals surface area contributed by atoms with Gasteiger partial charge in [-0.05, 0) is 30.9 Å². The lowest BCUT2D eigenvalue weighted by Crippen LogP contribution is -2.15. The predicted octanol–water partition coefficient (Wildman–Crippen LogP) is 1.85. The summed E-state index contributed by atoms with van der Waals surface area (Å²) in [6.07, 6.45) is 4.95. The third kappa shape index (κ3) is 2.19. The molecular formula is C13H16N2. The van der Waals surface area contributed by atoms with E-state index in [0.29, 0.717) is 5.92 Å². The zero-order chi connectivity index (χ0) is 10.7. The molecule has 0 radical (unpaired) electrons. The van der Waals surface area contributed by atoms with Crippen LogP contribution in [0.3, 0.4) is 0 Å². The third-order valence-corrected chi connectivity index (χ3v) is 2.84. The van der Waals surface area contributed by atoms with Crippen molar-refractivity contribution >= 4 is 0 Å². The fourth-order valence-corrected chi connectivity index (χ4v) is 1.86. The van der Waals surface area contributed by atoms with Gasteiger partial charge < -0.3 is 5.73 Å². The van der Waals surface area contributed by atoms with Crippen molar-refractivity contribution in [3.8, 4) is 11.8 Å². The van der Waals surface area contributed by atoms with Gasteiger partial charge in [0.15, 0.2) is 0 Å². The summed E-state index contributed by atoms with van der Waals surface area (Å²) < 4.78 is 0. The summed E-state index contributed by atoms with van der Waals surface area (Å²) in [5.41, 5.74) is 8.29. The summed E-state index contributed by atoms with van der Waals surface area (Å²) in [5.74, 6) is 6.66. The molecule has 0 spiro atoms. The second kappa shape index (κ2) is 4.46. The molecule has 2 rings (SSSR count). The molecule has 78 valence electrons. The molecular weight excluding hydrogens is 184 g/mol. The van der Waals surface area contributed by atoms with Crippen LogP contribution >= 0.6 is 0 Å². The van der Waals surface area contributed by atoms with Gasteiger partial charge in [0, 0.05) is 6.20 Å². The van der Waals surface area contributed by atoms with Gasteiger partial charge in [-0.25, -0.2) is 0 Å². The van der Waals surface area contributed by atoms with Gasteiger partial charge in [0.25, 0.3) is 0 Å². The molecule has 1 aliphatic rings. The summed E-state index contributed by atoms with van der Waals surface area (Å²) in [4.78, 5) is 4.40. The second-order valence-corrected chi connectivity index (χ2v) is 3.94. The first-order valence-electron chi connectivity index (χ1n) is 5.51. The molecule has 0 saturated heterocycles. The molecule has 0 aliphatic heterocycles. The first kappa shape index (κ1) is 10.2. The van der Waals surface area contributed by atoms with Gasteiger partial charge >= 0.3 is 0 Å². The highest BCUT2D eigenvalue weighted by Crippen LogP contribution is 2.30. The lowest BCUT2D eigenvalue weighted by atomic mass is 10.1. The van der Waals surface area contributed by atoms with Crippen LogP contribution in [0.2, 0.25) is 0 Å². The molecule has 15 heavy (non-hydrogen) atoms. The van der Waals surface area contributed by atoms with Crippen molar-refractivity contribution in [1.82, 2.24) is 4.98 Å². The molecule has 0 fully saturated rings. The molecule has 0 saturated carbocycles. The van der Waals surface area contributed by atoms with Crippen molar-refractivity contribution < 1.29 is 0 Å². The fourth-order valence-electron chi connectivity index (χ4n) is 1.86. The van der Waals surface area contributed by atoms with E-state index in [0.717, 1.165) is 25.0 Å². The number of aromatic nitrogens is 1. The first-order chi connectivity index (χ1) is 7.31. The van der Waals surface area contributed by atoms with Gasteiger partial charge in [0.2, 0.25) is 0 Å². The van der Waals surface area contributed by atoms with Crippen LogP contribution in [-0.2, 0) is 6.42 Å². The molecule has 0 bridgehead atoms. The molecule has 1 aliphatic carbocycles. The van der Waals surface area contributed by atoms with Crippen molar-refractivity contribution in [1.29, 1.82) is 0 Å². The Morgan fingerprint density at radius 1 is 1.67 bits per heavy atom. The van der Waals surface area contributed by atoms with Crippen molar-refractivity contribution in [2.24, 2.45) is 5.73 Å². The number of pyridine rings is 1. The van der Waals surface area contributed by atoms with Crippen LogP contribution in [0.5, 0.6) is 0 Å². The van der Waals surface area contributed by atoms with E-state index in [1.165, 1.54) is 5.56 Å². The predicted molar refractivity (Wildman–Crippen MR) is 61.3 cm³/mol. The van der Waals surface area contributed by atoms with Crippen molar-refractivity contribution in [3.63, 3.8) is 0 Å². The van der Waals surface area contributed by atoms with E-state index in [1.807, 2.05) is 12.3 Å². The Morgan fingerprint density at radius 2 is 2.53 bits per heavy atom. The highest BCUT2D eigenvalue weighted by atomic mass is 14.7. The van der Waals surface area contributed by atoms with Crippen LogP contribution in [0.15, 0.2) is 18.3 Å². The van der Waals surface area contributed by atoms with E-state index in [2.05, 4.69) is 29.8 Å². The third-order valence-electron chi connectivity index (χ3n) is 2.84. The summed E-state index contributed by atoms with van der Waals surface area (Å²) in [6.45, 7) is 2.06. The Morgan fingerprint density at radius 3 is 3.33 bits per heavy atom. The van der Waals surface area contributed by atoms with E-state index in [9.17, 15) is 0 Å². The second-order valence-electron chi connectivity index (χ2n) is 3.94. The Kier molecular flexibility index (Phi) is 3.03. The summed E-state index contributed by atoms with van der Waals surface area (Å²) in [6, 6.07) is 4.15. The number of rotatable bonds is 1. The van der Waals surface area contributed by atoms with Crippen LogP contribution in [-0.4, -0.2) is 11.0 Å². The standard InChI is InChI=1S/C13H16N2/c1-2-12(14)8-7-11-6-5-10-4-3-9-15-13(10)11/h3-4,9,11-12H,2,5-6,14H2,1H3. The van der Waals surface area contributed by atoms with E-state index in [-0.39, 0.29) is 6.04 Å². The minimum absolute atomic E-state index is 0.0118. The zero-order valence-electron chi connectivity index (χ0n) is 9.03. The monoisotopic (exact) mass is 200 g/mol. The number of fused-ring (bicyclic) bond motifs is 1. The van der Waals surface area contributed by atoms with Crippen LogP contribution in [0.25, 0.3) is 0 Å². The Bertz CT molecular complexity index is 400. The van der Waals surface area contributed by atoms with Crippen LogP contribution in [0, 0.1) is 11.8 Å². The molecule has 1 aromatic heterocycles. The fraction of sp³-hybridized carbons (Fsp3) is 0.462. The number of hydrogen-bond acceptors (Lipinski definition) is 2. The van der Waals surface area contributed by atoms with Crippen molar-refractivity contribution in [2.75, 3.05) is 0 Å². The van der Waals surface area contributed by atoms with E-state index in [4.69, 9.17) is 5.73 Å². The molecule has 2 atom stereocenters. The molecule has 0 aromatic carbocycles. The van der Waals surface area contributed by atoms with Crippen molar-refractivity contribution in [2.45, 2.75) is 38.1 Å². The molecule has 2 heteroatoms. The number of nitrogens with zero attached hydrogens (tertiary/aromatic N) is 1. The normalized spacial score (nSPS) is 20.3. The number of aryl methyl sites for hydroxylation is 1. The van der Waals surface area contributed by atoms with Gasteiger partial charge in [0.1, 0.15) is 0 Å². The lowest BCUT2D eigenvalue weighted by molar-refractivity contribution is 0.790. The van der Waals surface area contributed by atoms with E-state index >= 15 is 0 Å². The van der Waals surface area contributed by atoms with E-state index in [1.54, 1.807) is 0 Å².